The molecule has 0 atom stereocenters. The largest absolute Gasteiger partial charge is 0.482 e. The number of amides is 1. The second kappa shape index (κ2) is 6.74. The van der Waals surface area contributed by atoms with Gasteiger partial charge in [-0.15, -0.1) is 0 Å². The van der Waals surface area contributed by atoms with Crippen LogP contribution in [0, 0.1) is 6.92 Å². The Balaban J connectivity index is 1.72. The van der Waals surface area contributed by atoms with E-state index in [9.17, 15) is 9.59 Å². The predicted molar refractivity (Wildman–Crippen MR) is 87.4 cm³/mol. The molecule has 2 aromatic rings. The van der Waals surface area contributed by atoms with E-state index in [2.05, 4.69) is 10.4 Å². The summed E-state index contributed by atoms with van der Waals surface area (Å²) >= 11 is 0. The van der Waals surface area contributed by atoms with Gasteiger partial charge in [0.25, 0.3) is 5.91 Å². The van der Waals surface area contributed by atoms with Gasteiger partial charge in [0.15, 0.2) is 6.61 Å². The van der Waals surface area contributed by atoms with Gasteiger partial charge in [0.1, 0.15) is 5.75 Å². The highest BCUT2D eigenvalue weighted by molar-refractivity contribution is 6.05. The van der Waals surface area contributed by atoms with Gasteiger partial charge in [-0.1, -0.05) is 0 Å². The van der Waals surface area contributed by atoms with Crippen LogP contribution in [0.4, 0.5) is 5.69 Å². The zero-order valence-corrected chi connectivity index (χ0v) is 13.4. The summed E-state index contributed by atoms with van der Waals surface area (Å²) in [5.41, 5.74) is 3.06. The van der Waals surface area contributed by atoms with Crippen LogP contribution >= 0.6 is 0 Å². The fourth-order valence-corrected chi connectivity index (χ4v) is 2.81. The second-order valence-corrected chi connectivity index (χ2v) is 5.80. The molecule has 0 saturated heterocycles. The van der Waals surface area contributed by atoms with Crippen LogP contribution in [0.5, 0.6) is 5.75 Å². The molecule has 1 aliphatic heterocycles. The number of hydrogen-bond acceptors (Lipinski definition) is 4. The van der Waals surface area contributed by atoms with Gasteiger partial charge >= 0.3 is 5.97 Å². The molecule has 0 fully saturated rings. The number of carbonyl (C=O) groups is 2. The molecule has 24 heavy (non-hydrogen) atoms. The predicted octanol–water partition coefficient (Wildman–Crippen LogP) is 2.24. The summed E-state index contributed by atoms with van der Waals surface area (Å²) in [5.74, 6) is -0.757. The van der Waals surface area contributed by atoms with E-state index in [0.717, 1.165) is 37.1 Å². The van der Waals surface area contributed by atoms with Crippen molar-refractivity contribution in [1.82, 2.24) is 9.78 Å². The molecule has 1 aromatic carbocycles. The number of benzene rings is 1. The standard InChI is InChI=1S/C17H19N3O4/c1-11-8-12(24-10-16(21)22)5-6-14(11)19-17(23)13-9-18-20-7-3-2-4-15(13)20/h5-6,8-9H,2-4,7,10H2,1H3,(H,19,23)(H,21,22). The smallest absolute Gasteiger partial charge is 0.341 e. The molecule has 1 aromatic heterocycles. The van der Waals surface area contributed by atoms with Gasteiger partial charge in [-0.2, -0.15) is 5.10 Å². The van der Waals surface area contributed by atoms with Crippen LogP contribution < -0.4 is 10.1 Å². The summed E-state index contributed by atoms with van der Waals surface area (Å²) in [5, 5.41) is 15.8. The van der Waals surface area contributed by atoms with Crippen molar-refractivity contribution in [3.63, 3.8) is 0 Å². The lowest BCUT2D eigenvalue weighted by Gasteiger charge is -2.15. The quantitative estimate of drug-likeness (QED) is 0.877. The molecule has 0 saturated carbocycles. The fourth-order valence-electron chi connectivity index (χ4n) is 2.81. The SMILES string of the molecule is Cc1cc(OCC(=O)O)ccc1NC(=O)c1cnn2c1CCCC2. The van der Waals surface area contributed by atoms with Gasteiger partial charge in [0, 0.05) is 12.2 Å². The number of carboxylic acids is 1. The Morgan fingerprint density at radius 1 is 1.38 bits per heavy atom. The molecule has 2 heterocycles. The molecule has 7 heteroatoms. The average molecular weight is 329 g/mol. The van der Waals surface area contributed by atoms with Crippen LogP contribution in [-0.2, 0) is 17.8 Å². The van der Waals surface area contributed by atoms with E-state index in [-0.39, 0.29) is 5.91 Å². The van der Waals surface area contributed by atoms with E-state index in [1.54, 1.807) is 24.4 Å². The summed E-state index contributed by atoms with van der Waals surface area (Å²) in [7, 11) is 0. The van der Waals surface area contributed by atoms with Crippen molar-refractivity contribution in [2.45, 2.75) is 32.7 Å². The summed E-state index contributed by atoms with van der Waals surface area (Å²) in [4.78, 5) is 23.1. The molecule has 1 amide bonds. The van der Waals surface area contributed by atoms with Crippen LogP contribution in [0.1, 0.15) is 34.5 Å². The van der Waals surface area contributed by atoms with Crippen molar-refractivity contribution >= 4 is 17.6 Å². The number of rotatable bonds is 5. The highest BCUT2D eigenvalue weighted by atomic mass is 16.5. The minimum Gasteiger partial charge on any atom is -0.482 e. The van der Waals surface area contributed by atoms with E-state index in [4.69, 9.17) is 9.84 Å². The van der Waals surface area contributed by atoms with Crippen molar-refractivity contribution in [3.05, 3.63) is 41.2 Å². The first-order valence-electron chi connectivity index (χ1n) is 7.86. The van der Waals surface area contributed by atoms with E-state index in [0.29, 0.717) is 17.0 Å². The van der Waals surface area contributed by atoms with Crippen LogP contribution in [0.2, 0.25) is 0 Å². The summed E-state index contributed by atoms with van der Waals surface area (Å²) in [6.45, 7) is 2.29. The minimum atomic E-state index is -1.03. The number of nitrogens with zero attached hydrogens (tertiary/aromatic N) is 2. The molecule has 1 aliphatic rings. The van der Waals surface area contributed by atoms with Crippen molar-refractivity contribution in [1.29, 1.82) is 0 Å². The Kier molecular flexibility index (Phi) is 4.50. The molecule has 3 rings (SSSR count). The number of ether oxygens (including phenoxy) is 1. The number of hydrogen-bond donors (Lipinski definition) is 2. The monoisotopic (exact) mass is 329 g/mol. The number of aliphatic carboxylic acids is 1. The minimum absolute atomic E-state index is 0.180. The number of anilines is 1. The van der Waals surface area contributed by atoms with Crippen molar-refractivity contribution in [3.8, 4) is 5.75 Å². The summed E-state index contributed by atoms with van der Waals surface area (Å²) in [6, 6.07) is 5.05. The zero-order chi connectivity index (χ0) is 17.1. The third kappa shape index (κ3) is 3.40. The first-order chi connectivity index (χ1) is 11.5. The molecule has 0 spiro atoms. The highest BCUT2D eigenvalue weighted by Crippen LogP contribution is 2.23. The maximum absolute atomic E-state index is 12.5. The van der Waals surface area contributed by atoms with Gasteiger partial charge in [-0.05, 0) is 49.9 Å². The molecular formula is C17H19N3O4. The average Bonchev–Trinajstić information content (AvgIpc) is 2.99. The first kappa shape index (κ1) is 16.0. The van der Waals surface area contributed by atoms with Crippen molar-refractivity contribution in [2.24, 2.45) is 0 Å². The van der Waals surface area contributed by atoms with E-state index >= 15 is 0 Å². The molecule has 2 N–H and O–H groups in total. The molecule has 126 valence electrons. The first-order valence-corrected chi connectivity index (χ1v) is 7.86. The number of carboxylic acid groups (broad SMARTS) is 1. The van der Waals surface area contributed by atoms with Crippen LogP contribution in [0.3, 0.4) is 0 Å². The molecular weight excluding hydrogens is 310 g/mol. The van der Waals surface area contributed by atoms with E-state index < -0.39 is 12.6 Å². The van der Waals surface area contributed by atoms with E-state index in [1.807, 2.05) is 11.6 Å². The Bertz CT molecular complexity index is 782. The maximum Gasteiger partial charge on any atom is 0.341 e. The van der Waals surface area contributed by atoms with E-state index in [1.165, 1.54) is 0 Å². The number of fused-ring (bicyclic) bond motifs is 1. The van der Waals surface area contributed by atoms with Crippen LogP contribution in [0.25, 0.3) is 0 Å². The Morgan fingerprint density at radius 3 is 2.96 bits per heavy atom. The van der Waals surface area contributed by atoms with Crippen LogP contribution in [0.15, 0.2) is 24.4 Å². The lowest BCUT2D eigenvalue weighted by molar-refractivity contribution is -0.139. The second-order valence-electron chi connectivity index (χ2n) is 5.80. The number of nitrogens with one attached hydrogen (secondary N) is 1. The number of carbonyl (C=O) groups excluding carboxylic acids is 1. The number of aryl methyl sites for hydroxylation is 2. The highest BCUT2D eigenvalue weighted by Gasteiger charge is 2.20. The van der Waals surface area contributed by atoms with Gasteiger partial charge in [-0.3, -0.25) is 9.48 Å². The molecule has 0 aliphatic carbocycles. The zero-order valence-electron chi connectivity index (χ0n) is 13.4. The normalized spacial score (nSPS) is 13.2. The third-order valence-corrected chi connectivity index (χ3v) is 4.04. The summed E-state index contributed by atoms with van der Waals surface area (Å²) < 4.78 is 7.03. The lowest BCUT2D eigenvalue weighted by Crippen LogP contribution is -2.18. The Labute approximate surface area is 139 Å². The molecule has 0 radical (unpaired) electrons. The summed E-state index contributed by atoms with van der Waals surface area (Å²) in [6.07, 6.45) is 4.65. The van der Waals surface area contributed by atoms with Gasteiger partial charge in [-0.25, -0.2) is 4.79 Å². The molecule has 0 unspecified atom stereocenters. The van der Waals surface area contributed by atoms with Gasteiger partial charge in [0.05, 0.1) is 17.5 Å². The Morgan fingerprint density at radius 2 is 2.21 bits per heavy atom. The molecule has 0 bridgehead atoms. The third-order valence-electron chi connectivity index (χ3n) is 4.04. The Hall–Kier alpha value is -2.83. The maximum atomic E-state index is 12.5. The lowest BCUT2D eigenvalue weighted by atomic mass is 10.1. The van der Waals surface area contributed by atoms with Gasteiger partial charge in [0.2, 0.25) is 0 Å². The van der Waals surface area contributed by atoms with Crippen molar-refractivity contribution in [2.75, 3.05) is 11.9 Å². The molecule has 7 nitrogen and oxygen atoms in total. The van der Waals surface area contributed by atoms with Gasteiger partial charge < -0.3 is 15.2 Å². The van der Waals surface area contributed by atoms with Crippen molar-refractivity contribution < 1.29 is 19.4 Å². The fraction of sp³-hybridized carbons (Fsp3) is 0.353. The topological polar surface area (TPSA) is 93.4 Å². The van der Waals surface area contributed by atoms with Crippen LogP contribution in [-0.4, -0.2) is 33.4 Å². The number of aromatic nitrogens is 2.